The van der Waals surface area contributed by atoms with E-state index in [0.717, 1.165) is 24.3 Å². The lowest BCUT2D eigenvalue weighted by Gasteiger charge is -2.21. The summed E-state index contributed by atoms with van der Waals surface area (Å²) >= 11 is 0. The zero-order valence-electron chi connectivity index (χ0n) is 15.1. The number of hydrogen-bond acceptors (Lipinski definition) is 4. The van der Waals surface area contributed by atoms with Crippen molar-refractivity contribution < 1.29 is 9.90 Å². The molecule has 0 unspecified atom stereocenters. The molecule has 0 heterocycles. The molecule has 0 atom stereocenters. The van der Waals surface area contributed by atoms with Crippen LogP contribution in [0.2, 0.25) is 0 Å². The number of anilines is 1. The van der Waals surface area contributed by atoms with E-state index in [2.05, 4.69) is 10.2 Å². The largest absolute Gasteiger partial charge is 0.507 e. The molecule has 2 aromatic rings. The zero-order valence-corrected chi connectivity index (χ0v) is 15.1. The first-order chi connectivity index (χ1) is 12.6. The number of rotatable bonds is 7. The van der Waals surface area contributed by atoms with E-state index in [-0.39, 0.29) is 11.3 Å². The fourth-order valence-corrected chi connectivity index (χ4v) is 2.62. The number of hydrogen-bond donors (Lipinski definition) is 2. The topological polar surface area (TPSA) is 76.4 Å². The van der Waals surface area contributed by atoms with E-state index >= 15 is 0 Å². The number of nitrogens with zero attached hydrogens (tertiary/aromatic N) is 2. The first-order valence-corrected chi connectivity index (χ1v) is 8.60. The standard InChI is InChI=1S/C21H23N3O2/c1-3-24(4-2)19-11-10-17(20(25)13-19)12-18(14-22)21(26)23-15-16-8-6-5-7-9-16/h5-13,25H,3-4,15H2,1-2H3,(H,23,26). The fraction of sp³-hybridized carbons (Fsp3) is 0.238. The van der Waals surface area contributed by atoms with E-state index in [1.807, 2.05) is 56.3 Å². The summed E-state index contributed by atoms with van der Waals surface area (Å²) in [7, 11) is 0. The Balaban J connectivity index is 2.15. The molecule has 0 aliphatic carbocycles. The van der Waals surface area contributed by atoms with Crippen LogP contribution in [-0.4, -0.2) is 24.1 Å². The molecule has 0 aliphatic rings. The van der Waals surface area contributed by atoms with Gasteiger partial charge in [0.05, 0.1) is 0 Å². The van der Waals surface area contributed by atoms with Crippen molar-refractivity contribution in [2.75, 3.05) is 18.0 Å². The lowest BCUT2D eigenvalue weighted by Crippen LogP contribution is -2.24. The predicted octanol–water partition coefficient (Wildman–Crippen LogP) is 3.46. The van der Waals surface area contributed by atoms with Crippen molar-refractivity contribution in [1.29, 1.82) is 5.26 Å². The van der Waals surface area contributed by atoms with Gasteiger partial charge in [-0.25, -0.2) is 0 Å². The molecule has 0 radical (unpaired) electrons. The highest BCUT2D eigenvalue weighted by Crippen LogP contribution is 2.26. The molecule has 26 heavy (non-hydrogen) atoms. The number of carbonyl (C=O) groups is 1. The minimum atomic E-state index is -0.469. The Labute approximate surface area is 154 Å². The highest BCUT2D eigenvalue weighted by molar-refractivity contribution is 6.02. The van der Waals surface area contributed by atoms with Crippen LogP contribution < -0.4 is 10.2 Å². The molecule has 1 amide bonds. The van der Waals surface area contributed by atoms with E-state index in [1.54, 1.807) is 12.1 Å². The second-order valence-electron chi connectivity index (χ2n) is 5.75. The van der Waals surface area contributed by atoms with Gasteiger partial charge in [-0.2, -0.15) is 5.26 Å². The number of aromatic hydroxyl groups is 1. The van der Waals surface area contributed by atoms with Gasteiger partial charge in [-0.15, -0.1) is 0 Å². The van der Waals surface area contributed by atoms with Gasteiger partial charge in [-0.05, 0) is 37.6 Å². The van der Waals surface area contributed by atoms with Crippen LogP contribution in [0, 0.1) is 11.3 Å². The third-order valence-corrected chi connectivity index (χ3v) is 4.10. The van der Waals surface area contributed by atoms with Gasteiger partial charge in [0.2, 0.25) is 0 Å². The number of amides is 1. The van der Waals surface area contributed by atoms with Crippen LogP contribution >= 0.6 is 0 Å². The van der Waals surface area contributed by atoms with Crippen LogP contribution in [-0.2, 0) is 11.3 Å². The van der Waals surface area contributed by atoms with Gasteiger partial charge in [0.1, 0.15) is 17.4 Å². The van der Waals surface area contributed by atoms with E-state index in [4.69, 9.17) is 0 Å². The molecule has 134 valence electrons. The molecule has 0 spiro atoms. The molecular weight excluding hydrogens is 326 g/mol. The molecule has 5 heteroatoms. The Morgan fingerprint density at radius 1 is 1.19 bits per heavy atom. The number of phenolic OH excluding ortho intramolecular Hbond substituents is 1. The fourth-order valence-electron chi connectivity index (χ4n) is 2.62. The minimum absolute atomic E-state index is 0.0398. The first-order valence-electron chi connectivity index (χ1n) is 8.60. The molecule has 0 aromatic heterocycles. The quantitative estimate of drug-likeness (QED) is 0.593. The number of phenols is 1. The van der Waals surface area contributed by atoms with Crippen LogP contribution in [0.5, 0.6) is 5.75 Å². The Morgan fingerprint density at radius 3 is 2.46 bits per heavy atom. The number of nitriles is 1. The lowest BCUT2D eigenvalue weighted by atomic mass is 10.1. The summed E-state index contributed by atoms with van der Waals surface area (Å²) in [6, 6.07) is 16.6. The maximum absolute atomic E-state index is 12.2. The lowest BCUT2D eigenvalue weighted by molar-refractivity contribution is -0.117. The van der Waals surface area contributed by atoms with E-state index in [0.29, 0.717) is 12.1 Å². The van der Waals surface area contributed by atoms with Crippen molar-refractivity contribution in [1.82, 2.24) is 5.32 Å². The Hall–Kier alpha value is -3.26. The van der Waals surface area contributed by atoms with Crippen molar-refractivity contribution in [3.63, 3.8) is 0 Å². The van der Waals surface area contributed by atoms with Gasteiger partial charge >= 0.3 is 0 Å². The number of benzene rings is 2. The Bertz CT molecular complexity index is 819. The maximum Gasteiger partial charge on any atom is 0.262 e. The van der Waals surface area contributed by atoms with Gasteiger partial charge in [0, 0.05) is 37.0 Å². The molecule has 2 aromatic carbocycles. The van der Waals surface area contributed by atoms with Crippen molar-refractivity contribution in [3.8, 4) is 11.8 Å². The number of carbonyl (C=O) groups excluding carboxylic acids is 1. The van der Waals surface area contributed by atoms with Crippen LogP contribution in [0.1, 0.15) is 25.0 Å². The second-order valence-corrected chi connectivity index (χ2v) is 5.75. The van der Waals surface area contributed by atoms with E-state index in [9.17, 15) is 15.2 Å². The third kappa shape index (κ3) is 4.87. The van der Waals surface area contributed by atoms with Crippen molar-refractivity contribution in [3.05, 3.63) is 65.2 Å². The smallest absolute Gasteiger partial charge is 0.262 e. The molecule has 5 nitrogen and oxygen atoms in total. The third-order valence-electron chi connectivity index (χ3n) is 4.10. The second kappa shape index (κ2) is 9.28. The molecule has 2 N–H and O–H groups in total. The molecule has 2 rings (SSSR count). The van der Waals surface area contributed by atoms with E-state index in [1.165, 1.54) is 6.08 Å². The average Bonchev–Trinajstić information content (AvgIpc) is 2.67. The van der Waals surface area contributed by atoms with Gasteiger partial charge in [0.25, 0.3) is 5.91 Å². The molecule has 0 aliphatic heterocycles. The monoisotopic (exact) mass is 349 g/mol. The van der Waals surface area contributed by atoms with Crippen LogP contribution in [0.15, 0.2) is 54.1 Å². The highest BCUT2D eigenvalue weighted by Gasteiger charge is 2.11. The molecular formula is C21H23N3O2. The van der Waals surface area contributed by atoms with Gasteiger partial charge < -0.3 is 15.3 Å². The first kappa shape index (κ1) is 19.1. The van der Waals surface area contributed by atoms with Crippen molar-refractivity contribution in [2.24, 2.45) is 0 Å². The van der Waals surface area contributed by atoms with Gasteiger partial charge in [-0.1, -0.05) is 30.3 Å². The molecule has 0 fully saturated rings. The van der Waals surface area contributed by atoms with Crippen LogP contribution in [0.25, 0.3) is 6.08 Å². The summed E-state index contributed by atoms with van der Waals surface area (Å²) in [5.74, 6) is -0.429. The maximum atomic E-state index is 12.2. The molecule has 0 saturated carbocycles. The summed E-state index contributed by atoms with van der Waals surface area (Å²) in [5.41, 5.74) is 2.24. The van der Waals surface area contributed by atoms with Gasteiger partial charge in [-0.3, -0.25) is 4.79 Å². The minimum Gasteiger partial charge on any atom is -0.507 e. The summed E-state index contributed by atoms with van der Waals surface area (Å²) < 4.78 is 0. The normalized spacial score (nSPS) is 10.9. The van der Waals surface area contributed by atoms with Crippen LogP contribution in [0.3, 0.4) is 0 Å². The van der Waals surface area contributed by atoms with Gasteiger partial charge in [0.15, 0.2) is 0 Å². The highest BCUT2D eigenvalue weighted by atomic mass is 16.3. The zero-order chi connectivity index (χ0) is 18.9. The SMILES string of the molecule is CCN(CC)c1ccc(C=C(C#N)C(=O)NCc2ccccc2)c(O)c1. The molecule has 0 saturated heterocycles. The van der Waals surface area contributed by atoms with Crippen molar-refractivity contribution in [2.45, 2.75) is 20.4 Å². The summed E-state index contributed by atoms with van der Waals surface area (Å²) in [4.78, 5) is 14.3. The van der Waals surface area contributed by atoms with Crippen LogP contribution in [0.4, 0.5) is 5.69 Å². The Kier molecular flexibility index (Phi) is 6.81. The van der Waals surface area contributed by atoms with E-state index < -0.39 is 5.91 Å². The summed E-state index contributed by atoms with van der Waals surface area (Å²) in [6.07, 6.45) is 1.40. The summed E-state index contributed by atoms with van der Waals surface area (Å²) in [6.45, 7) is 6.08. The summed E-state index contributed by atoms with van der Waals surface area (Å²) in [5, 5.41) is 22.3. The predicted molar refractivity (Wildman–Crippen MR) is 104 cm³/mol. The average molecular weight is 349 g/mol. The Morgan fingerprint density at radius 2 is 1.88 bits per heavy atom. The van der Waals surface area contributed by atoms with Crippen molar-refractivity contribution >= 4 is 17.7 Å². The number of nitrogens with one attached hydrogen (secondary N) is 1. The molecule has 0 bridgehead atoms.